The van der Waals surface area contributed by atoms with Crippen LogP contribution in [0.5, 0.6) is 5.75 Å². The minimum atomic E-state index is 0.378. The first kappa shape index (κ1) is 14.8. The molecule has 0 unspecified atom stereocenters. The number of rotatable bonds is 5. The van der Waals surface area contributed by atoms with E-state index in [2.05, 4.69) is 29.8 Å². The second-order valence-corrected chi connectivity index (χ2v) is 6.15. The van der Waals surface area contributed by atoms with Gasteiger partial charge in [0.25, 0.3) is 0 Å². The Labute approximate surface area is 124 Å². The number of hydrogen-bond acceptors (Lipinski definition) is 2. The Morgan fingerprint density at radius 1 is 1.26 bits per heavy atom. The van der Waals surface area contributed by atoms with E-state index in [4.69, 9.17) is 9.47 Å². The number of para-hydroxylation sites is 1. The van der Waals surface area contributed by atoms with Crippen LogP contribution >= 0.6 is 15.9 Å². The SMILES string of the molecule is C[C@@H]1C[NH+](CCCOc2ccccc2Br)C[C@@H](C)O1. The van der Waals surface area contributed by atoms with Crippen LogP contribution in [0.3, 0.4) is 0 Å². The van der Waals surface area contributed by atoms with Crippen LogP contribution in [0.2, 0.25) is 0 Å². The molecule has 0 bridgehead atoms. The number of hydrogen-bond donors (Lipinski definition) is 1. The fourth-order valence-electron chi connectivity index (χ4n) is 2.66. The van der Waals surface area contributed by atoms with E-state index in [0.717, 1.165) is 42.9 Å². The number of morpholine rings is 1. The minimum Gasteiger partial charge on any atom is -0.492 e. The standard InChI is InChI=1S/C15H22BrNO2/c1-12-10-17(11-13(2)19-12)8-5-9-18-15-7-4-3-6-14(15)16/h3-4,6-7,12-13H,5,8-11H2,1-2H3/p+1/t12-,13-/m1/s1. The van der Waals surface area contributed by atoms with Gasteiger partial charge >= 0.3 is 0 Å². The summed E-state index contributed by atoms with van der Waals surface area (Å²) >= 11 is 3.49. The molecule has 106 valence electrons. The molecule has 1 saturated heterocycles. The van der Waals surface area contributed by atoms with E-state index < -0.39 is 0 Å². The van der Waals surface area contributed by atoms with Gasteiger partial charge in [0, 0.05) is 6.42 Å². The van der Waals surface area contributed by atoms with Crippen molar-refractivity contribution in [2.45, 2.75) is 32.5 Å². The van der Waals surface area contributed by atoms with Crippen LogP contribution in [0.15, 0.2) is 28.7 Å². The first-order valence-electron chi connectivity index (χ1n) is 7.01. The fraction of sp³-hybridized carbons (Fsp3) is 0.600. The molecule has 1 heterocycles. The van der Waals surface area contributed by atoms with E-state index in [1.807, 2.05) is 24.3 Å². The van der Waals surface area contributed by atoms with Crippen LogP contribution in [-0.4, -0.2) is 38.4 Å². The number of ether oxygens (including phenoxy) is 2. The number of benzene rings is 1. The third kappa shape index (κ3) is 4.79. The van der Waals surface area contributed by atoms with Crippen molar-refractivity contribution in [3.63, 3.8) is 0 Å². The lowest BCUT2D eigenvalue weighted by Gasteiger charge is -2.32. The minimum absolute atomic E-state index is 0.378. The van der Waals surface area contributed by atoms with E-state index in [0.29, 0.717) is 12.2 Å². The van der Waals surface area contributed by atoms with Gasteiger partial charge in [-0.15, -0.1) is 0 Å². The lowest BCUT2D eigenvalue weighted by atomic mass is 10.2. The van der Waals surface area contributed by atoms with Crippen LogP contribution in [0.25, 0.3) is 0 Å². The van der Waals surface area contributed by atoms with Crippen molar-refractivity contribution in [3.05, 3.63) is 28.7 Å². The summed E-state index contributed by atoms with van der Waals surface area (Å²) in [6.07, 6.45) is 1.83. The molecule has 1 aliphatic heterocycles. The molecule has 1 fully saturated rings. The van der Waals surface area contributed by atoms with Gasteiger partial charge in [-0.25, -0.2) is 0 Å². The third-order valence-electron chi connectivity index (χ3n) is 3.39. The molecule has 0 radical (unpaired) electrons. The summed E-state index contributed by atoms with van der Waals surface area (Å²) in [5.41, 5.74) is 0. The molecule has 19 heavy (non-hydrogen) atoms. The lowest BCUT2D eigenvalue weighted by molar-refractivity contribution is -0.915. The predicted octanol–water partition coefficient (Wildman–Crippen LogP) is 1.91. The van der Waals surface area contributed by atoms with Gasteiger partial charge in [-0.05, 0) is 41.9 Å². The molecule has 2 rings (SSSR count). The van der Waals surface area contributed by atoms with Crippen molar-refractivity contribution in [2.24, 2.45) is 0 Å². The average Bonchev–Trinajstić information content (AvgIpc) is 2.35. The highest BCUT2D eigenvalue weighted by molar-refractivity contribution is 9.10. The van der Waals surface area contributed by atoms with Crippen LogP contribution in [0.1, 0.15) is 20.3 Å². The van der Waals surface area contributed by atoms with Gasteiger partial charge in [0.1, 0.15) is 31.0 Å². The first-order chi connectivity index (χ1) is 9.15. The zero-order valence-electron chi connectivity index (χ0n) is 11.7. The predicted molar refractivity (Wildman–Crippen MR) is 79.8 cm³/mol. The number of nitrogens with one attached hydrogen (secondary N) is 1. The smallest absolute Gasteiger partial charge is 0.133 e. The van der Waals surface area contributed by atoms with Crippen molar-refractivity contribution < 1.29 is 14.4 Å². The molecule has 1 aromatic rings. The van der Waals surface area contributed by atoms with E-state index in [9.17, 15) is 0 Å². The Morgan fingerprint density at radius 2 is 1.95 bits per heavy atom. The molecule has 1 aliphatic rings. The number of halogens is 1. The van der Waals surface area contributed by atoms with Gasteiger partial charge < -0.3 is 14.4 Å². The summed E-state index contributed by atoms with van der Waals surface area (Å²) in [5.74, 6) is 0.932. The maximum absolute atomic E-state index is 5.79. The van der Waals surface area contributed by atoms with E-state index in [1.54, 1.807) is 4.90 Å². The van der Waals surface area contributed by atoms with Gasteiger partial charge in [-0.3, -0.25) is 0 Å². The summed E-state index contributed by atoms with van der Waals surface area (Å²) in [7, 11) is 0. The molecule has 1 aromatic carbocycles. The first-order valence-corrected chi connectivity index (χ1v) is 7.81. The molecular formula is C15H23BrNO2+. The fourth-order valence-corrected chi connectivity index (χ4v) is 3.06. The molecule has 2 atom stereocenters. The molecule has 1 N–H and O–H groups in total. The topological polar surface area (TPSA) is 22.9 Å². The van der Waals surface area contributed by atoms with Crippen molar-refractivity contribution in [2.75, 3.05) is 26.2 Å². The lowest BCUT2D eigenvalue weighted by Crippen LogP contribution is -3.15. The maximum Gasteiger partial charge on any atom is 0.133 e. The summed E-state index contributed by atoms with van der Waals surface area (Å²) in [4.78, 5) is 1.63. The molecule has 3 nitrogen and oxygen atoms in total. The Balaban J connectivity index is 1.68. The molecule has 0 saturated carbocycles. The molecule has 0 spiro atoms. The van der Waals surface area contributed by atoms with Crippen LogP contribution in [0.4, 0.5) is 0 Å². The van der Waals surface area contributed by atoms with Gasteiger partial charge in [-0.1, -0.05) is 12.1 Å². The third-order valence-corrected chi connectivity index (χ3v) is 4.04. The van der Waals surface area contributed by atoms with Crippen molar-refractivity contribution in [3.8, 4) is 5.75 Å². The van der Waals surface area contributed by atoms with Crippen LogP contribution in [-0.2, 0) is 4.74 Å². The molecule has 0 aromatic heterocycles. The molecule has 0 aliphatic carbocycles. The van der Waals surface area contributed by atoms with Gasteiger partial charge in [0.2, 0.25) is 0 Å². The Kier molecular flexibility index (Phi) is 5.67. The van der Waals surface area contributed by atoms with E-state index in [-0.39, 0.29) is 0 Å². The summed E-state index contributed by atoms with van der Waals surface area (Å²) in [5, 5.41) is 0. The molecule has 4 heteroatoms. The Bertz CT molecular complexity index is 389. The summed E-state index contributed by atoms with van der Waals surface area (Å²) < 4.78 is 12.6. The zero-order chi connectivity index (χ0) is 13.7. The summed E-state index contributed by atoms with van der Waals surface area (Å²) in [6.45, 7) is 8.47. The summed E-state index contributed by atoms with van der Waals surface area (Å²) in [6, 6.07) is 8.00. The average molecular weight is 329 g/mol. The largest absolute Gasteiger partial charge is 0.492 e. The highest BCUT2D eigenvalue weighted by Gasteiger charge is 2.24. The zero-order valence-corrected chi connectivity index (χ0v) is 13.3. The monoisotopic (exact) mass is 328 g/mol. The van der Waals surface area contributed by atoms with Crippen LogP contribution in [0, 0.1) is 0 Å². The van der Waals surface area contributed by atoms with Crippen molar-refractivity contribution >= 4 is 15.9 Å². The van der Waals surface area contributed by atoms with Gasteiger partial charge in [0.05, 0.1) is 17.6 Å². The van der Waals surface area contributed by atoms with E-state index >= 15 is 0 Å². The molecule has 0 amide bonds. The normalized spacial score (nSPS) is 27.2. The number of quaternary nitrogens is 1. The highest BCUT2D eigenvalue weighted by Crippen LogP contribution is 2.23. The van der Waals surface area contributed by atoms with Crippen LogP contribution < -0.4 is 9.64 Å². The highest BCUT2D eigenvalue weighted by atomic mass is 79.9. The van der Waals surface area contributed by atoms with E-state index in [1.165, 1.54) is 0 Å². The quantitative estimate of drug-likeness (QED) is 0.834. The Hall–Kier alpha value is -0.580. The maximum atomic E-state index is 5.79. The second kappa shape index (κ2) is 7.27. The van der Waals surface area contributed by atoms with Crippen molar-refractivity contribution in [1.29, 1.82) is 0 Å². The second-order valence-electron chi connectivity index (χ2n) is 5.30. The van der Waals surface area contributed by atoms with Gasteiger partial charge in [-0.2, -0.15) is 0 Å². The van der Waals surface area contributed by atoms with Crippen molar-refractivity contribution in [1.82, 2.24) is 0 Å². The van der Waals surface area contributed by atoms with Gasteiger partial charge in [0.15, 0.2) is 0 Å². The Morgan fingerprint density at radius 3 is 2.63 bits per heavy atom. The molecular weight excluding hydrogens is 306 g/mol.